The quantitative estimate of drug-likeness (QED) is 0.150. The lowest BCUT2D eigenvalue weighted by atomic mass is 9.48. The van der Waals surface area contributed by atoms with Gasteiger partial charge in [0.1, 0.15) is 19.7 Å². The monoisotopic (exact) mass is 763 g/mol. The summed E-state index contributed by atoms with van der Waals surface area (Å²) in [5, 5.41) is 0. The summed E-state index contributed by atoms with van der Waals surface area (Å²) in [6.45, 7) is 17.0. The van der Waals surface area contributed by atoms with Crippen LogP contribution in [-0.2, 0) is 16.5 Å². The van der Waals surface area contributed by atoms with Crippen LogP contribution >= 0.6 is 0 Å². The summed E-state index contributed by atoms with van der Waals surface area (Å²) in [5.41, 5.74) is 10.2. The van der Waals surface area contributed by atoms with Crippen LogP contribution in [0.4, 0.5) is 0 Å². The molecule has 1 spiro atoms. The fraction of sp³-hybridized carbons (Fsp3) is 0.545. The van der Waals surface area contributed by atoms with Gasteiger partial charge in [-0.3, -0.25) is 4.79 Å². The van der Waals surface area contributed by atoms with Crippen LogP contribution in [0.5, 0.6) is 0 Å². The van der Waals surface area contributed by atoms with Crippen molar-refractivity contribution >= 4 is 36.0 Å². The highest BCUT2D eigenvalue weighted by Gasteiger charge is 2.60. The second-order valence-electron chi connectivity index (χ2n) is 18.5. The highest BCUT2D eigenvalue weighted by molar-refractivity contribution is 7.84. The third-order valence-electron chi connectivity index (χ3n) is 13.3. The Bertz CT molecular complexity index is 2320. The lowest BCUT2D eigenvalue weighted by Gasteiger charge is -2.60. The Hall–Kier alpha value is -3.65. The third kappa shape index (κ3) is 5.66. The van der Waals surface area contributed by atoms with Crippen molar-refractivity contribution in [3.63, 3.8) is 0 Å². The number of rotatable bonds is 7. The molecule has 4 aromatic rings. The number of fused-ring (bicyclic) bond motifs is 9. The van der Waals surface area contributed by atoms with Gasteiger partial charge in [-0.2, -0.15) is 0 Å². The SMILES string of the molecule is [2H]C([2H])([2H])N1C(=O)c2cccc(C#C[Si](C(C)C)(C(C)C)C(C)C)c2[C@H]2C[C@@H]1c1nc3ccc(-c4cnc(C5(NS(=O)C(C)(C)C)CC6(CCC6)C5)nc4)cc3n12. The molecule has 3 atom stereocenters. The molecule has 0 radical (unpaired) electrons. The van der Waals surface area contributed by atoms with Crippen LogP contribution < -0.4 is 4.72 Å². The van der Waals surface area contributed by atoms with Gasteiger partial charge in [0, 0.05) is 52.2 Å². The van der Waals surface area contributed by atoms with Gasteiger partial charge in [-0.25, -0.2) is 23.9 Å². The molecule has 8 nitrogen and oxygen atoms in total. The van der Waals surface area contributed by atoms with E-state index in [-0.39, 0.29) is 6.04 Å². The van der Waals surface area contributed by atoms with Crippen molar-refractivity contribution in [2.24, 2.45) is 5.41 Å². The first kappa shape index (κ1) is 33.7. The minimum atomic E-state index is -2.67. The molecule has 284 valence electrons. The van der Waals surface area contributed by atoms with Crippen LogP contribution in [0, 0.1) is 16.9 Å². The maximum atomic E-state index is 14.4. The Kier molecular flexibility index (Phi) is 8.08. The molecule has 0 saturated heterocycles. The van der Waals surface area contributed by atoms with Crippen molar-refractivity contribution in [1.29, 1.82) is 0 Å². The van der Waals surface area contributed by atoms with Gasteiger partial charge in [0.2, 0.25) is 0 Å². The normalized spacial score (nSPS) is 22.9. The molecule has 2 saturated carbocycles. The molecule has 2 aromatic carbocycles. The van der Waals surface area contributed by atoms with E-state index in [9.17, 15) is 9.00 Å². The smallest absolute Gasteiger partial charge is 0.254 e. The van der Waals surface area contributed by atoms with Gasteiger partial charge in [-0.05, 0) is 98.3 Å². The largest absolute Gasteiger partial charge is 0.331 e. The van der Waals surface area contributed by atoms with Crippen LogP contribution in [0.1, 0.15) is 150 Å². The first-order chi connectivity index (χ1) is 26.7. The standard InChI is InChI=1S/C44H56N6O2SSi/c1-27(2)54(28(3)4,29(5)6)20-17-30-13-11-14-33-38(30)36-22-37(49(10)40(33)51)39-47-34-16-15-31(21-35(34)50(36)39)32-23-45-41(46-24-32)44(48-53(52)42(7,8)9)25-43(26-44)18-12-19-43/h11,13-16,21,23-24,27-29,36-37,48H,12,18-19,22,25-26H2,1-10H3/t36-,37-,53?/m1/s1/i10D3. The molecule has 2 aliphatic heterocycles. The average Bonchev–Trinajstić information content (AvgIpc) is 3.60. The van der Waals surface area contributed by atoms with E-state index >= 15 is 0 Å². The molecule has 1 N–H and O–H groups in total. The second-order valence-corrected chi connectivity index (χ2v) is 26.0. The predicted molar refractivity (Wildman–Crippen MR) is 221 cm³/mol. The Morgan fingerprint density at radius 1 is 0.981 bits per heavy atom. The maximum absolute atomic E-state index is 14.4. The number of amides is 1. The highest BCUT2D eigenvalue weighted by atomic mass is 32.2. The zero-order valence-corrected chi connectivity index (χ0v) is 35.0. The van der Waals surface area contributed by atoms with Crippen LogP contribution in [0.25, 0.3) is 22.2 Å². The number of carbonyl (C=O) groups excluding carboxylic acids is 1. The van der Waals surface area contributed by atoms with E-state index < -0.39 is 48.3 Å². The molecule has 2 aliphatic carbocycles. The first-order valence-corrected chi connectivity index (χ1v) is 23.1. The topological polar surface area (TPSA) is 93.0 Å². The molecular formula is C44H56N6O2SSi. The van der Waals surface area contributed by atoms with Gasteiger partial charge >= 0.3 is 0 Å². The summed E-state index contributed by atoms with van der Waals surface area (Å²) in [7, 11) is -3.40. The van der Waals surface area contributed by atoms with Crippen molar-refractivity contribution in [2.45, 2.75) is 140 Å². The van der Waals surface area contributed by atoms with Crippen LogP contribution in [-0.4, -0.2) is 54.3 Å². The molecule has 2 fully saturated rings. The zero-order valence-electron chi connectivity index (χ0n) is 36.2. The number of carbonyl (C=O) groups is 1. The van der Waals surface area contributed by atoms with E-state index in [1.807, 2.05) is 57.4 Å². The molecule has 2 aromatic heterocycles. The van der Waals surface area contributed by atoms with Crippen LogP contribution in [0.2, 0.25) is 16.6 Å². The molecule has 4 aliphatic rings. The van der Waals surface area contributed by atoms with E-state index in [2.05, 4.69) is 68.4 Å². The fourth-order valence-electron chi connectivity index (χ4n) is 10.4. The molecule has 54 heavy (non-hydrogen) atoms. The first-order valence-electron chi connectivity index (χ1n) is 21.3. The minimum absolute atomic E-state index is 0.299. The summed E-state index contributed by atoms with van der Waals surface area (Å²) in [6, 6.07) is 10.5. The number of nitrogens with one attached hydrogen (secondary N) is 1. The van der Waals surface area contributed by atoms with Gasteiger partial charge < -0.3 is 9.47 Å². The third-order valence-corrected chi connectivity index (χ3v) is 21.3. The fourth-order valence-corrected chi connectivity index (χ4v) is 16.5. The minimum Gasteiger partial charge on any atom is -0.331 e. The van der Waals surface area contributed by atoms with Crippen molar-refractivity contribution in [3.05, 3.63) is 77.1 Å². The number of benzene rings is 2. The van der Waals surface area contributed by atoms with Gasteiger partial charge in [-0.1, -0.05) is 66.0 Å². The van der Waals surface area contributed by atoms with E-state index in [1.54, 1.807) is 6.07 Å². The average molecular weight is 764 g/mol. The van der Waals surface area contributed by atoms with E-state index in [0.29, 0.717) is 45.7 Å². The number of hydrogen-bond donors (Lipinski definition) is 1. The Labute approximate surface area is 329 Å². The summed E-state index contributed by atoms with van der Waals surface area (Å²) in [6.07, 6.45) is 9.51. The summed E-state index contributed by atoms with van der Waals surface area (Å²) < 4.78 is 44.2. The Balaban J connectivity index is 1.23. The number of nitrogens with zero attached hydrogens (tertiary/aromatic N) is 5. The molecule has 10 heteroatoms. The maximum Gasteiger partial charge on any atom is 0.254 e. The summed E-state index contributed by atoms with van der Waals surface area (Å²) >= 11 is 0. The van der Waals surface area contributed by atoms with Crippen molar-refractivity contribution in [1.82, 2.24) is 29.1 Å². The molecular weight excluding hydrogens is 705 g/mol. The highest BCUT2D eigenvalue weighted by Crippen LogP contribution is 2.63. The van der Waals surface area contributed by atoms with Gasteiger partial charge in [-0.15, -0.1) is 5.54 Å². The molecule has 1 amide bonds. The van der Waals surface area contributed by atoms with Gasteiger partial charge in [0.15, 0.2) is 0 Å². The second kappa shape index (κ2) is 13.0. The van der Waals surface area contributed by atoms with Gasteiger partial charge in [0.25, 0.3) is 5.91 Å². The van der Waals surface area contributed by atoms with Crippen molar-refractivity contribution in [3.8, 4) is 22.6 Å². The predicted octanol–water partition coefficient (Wildman–Crippen LogP) is 9.39. The number of hydrogen-bond acceptors (Lipinski definition) is 5. The number of imidazole rings is 1. The van der Waals surface area contributed by atoms with Crippen molar-refractivity contribution < 1.29 is 13.1 Å². The lowest BCUT2D eigenvalue weighted by molar-refractivity contribution is -0.0584. The van der Waals surface area contributed by atoms with Gasteiger partial charge in [0.05, 0.1) is 44.4 Å². The summed E-state index contributed by atoms with van der Waals surface area (Å²) in [5.74, 6) is 4.38. The molecule has 2 bridgehead atoms. The van der Waals surface area contributed by atoms with E-state index in [1.165, 1.54) is 19.3 Å². The zero-order chi connectivity index (χ0) is 41.0. The van der Waals surface area contributed by atoms with Crippen LogP contribution in [0.15, 0.2) is 48.8 Å². The number of aromatic nitrogens is 4. The summed E-state index contributed by atoms with van der Waals surface area (Å²) in [4.78, 5) is 30.3. The molecule has 8 rings (SSSR count). The lowest BCUT2D eigenvalue weighted by Crippen LogP contribution is -2.62. The van der Waals surface area contributed by atoms with Crippen molar-refractivity contribution in [2.75, 3.05) is 6.98 Å². The molecule has 1 unspecified atom stereocenters. The van der Waals surface area contributed by atoms with Crippen LogP contribution in [0.3, 0.4) is 0 Å². The van der Waals surface area contributed by atoms with E-state index in [0.717, 1.165) is 51.0 Å². The Morgan fingerprint density at radius 2 is 1.67 bits per heavy atom. The van der Waals surface area contributed by atoms with E-state index in [4.69, 9.17) is 19.1 Å². The Morgan fingerprint density at radius 3 is 2.26 bits per heavy atom. The molecule has 4 heterocycles.